The van der Waals surface area contributed by atoms with E-state index in [1.54, 1.807) is 24.5 Å². The zero-order valence-corrected chi connectivity index (χ0v) is 20.2. The lowest BCUT2D eigenvalue weighted by atomic mass is 9.78. The van der Waals surface area contributed by atoms with Gasteiger partial charge in [0, 0.05) is 37.1 Å². The van der Waals surface area contributed by atoms with Crippen LogP contribution in [0.3, 0.4) is 0 Å². The minimum absolute atomic E-state index is 0.0662. The van der Waals surface area contributed by atoms with Gasteiger partial charge in [-0.05, 0) is 62.4 Å². The Balaban J connectivity index is 1.45. The van der Waals surface area contributed by atoms with Gasteiger partial charge in [-0.15, -0.1) is 0 Å². The van der Waals surface area contributed by atoms with Gasteiger partial charge < -0.3 is 20.5 Å². The van der Waals surface area contributed by atoms with E-state index in [-0.39, 0.29) is 30.1 Å². The Bertz CT molecular complexity index is 1090. The van der Waals surface area contributed by atoms with Gasteiger partial charge in [-0.2, -0.15) is 0 Å². The number of alkyl carbamates (subject to hydrolysis) is 1. The van der Waals surface area contributed by atoms with Crippen molar-refractivity contribution in [1.82, 2.24) is 20.0 Å². The molecule has 1 aromatic carbocycles. The second-order valence-corrected chi connectivity index (χ2v) is 10.4. The largest absolute Gasteiger partial charge is 0.446 e. The van der Waals surface area contributed by atoms with Crippen molar-refractivity contribution < 1.29 is 31.8 Å². The first kappa shape index (κ1) is 26.7. The molecule has 0 radical (unpaired) electrons. The van der Waals surface area contributed by atoms with Gasteiger partial charge in [-0.25, -0.2) is 36.7 Å². The maximum absolute atomic E-state index is 13.0. The number of amides is 1. The van der Waals surface area contributed by atoms with Gasteiger partial charge in [0.1, 0.15) is 6.10 Å². The number of rotatable bonds is 11. The Hall–Kier alpha value is -2.90. The van der Waals surface area contributed by atoms with Crippen LogP contribution in [0, 0.1) is 0 Å². The maximum atomic E-state index is 13.0. The minimum atomic E-state index is -3.68. The van der Waals surface area contributed by atoms with Crippen molar-refractivity contribution in [3.8, 4) is 0 Å². The van der Waals surface area contributed by atoms with Crippen LogP contribution in [0.5, 0.6) is 0 Å². The second kappa shape index (κ2) is 11.2. The Labute approximate surface area is 202 Å². The topological polar surface area (TPSA) is 143 Å². The molecule has 2 aromatic rings. The molecule has 0 bridgehead atoms. The molecule has 1 amide bonds. The first-order chi connectivity index (χ1) is 16.4. The molecule has 1 saturated carbocycles. The lowest BCUT2D eigenvalue weighted by Gasteiger charge is -2.34. The van der Waals surface area contributed by atoms with Crippen molar-refractivity contribution >= 4 is 27.8 Å². The van der Waals surface area contributed by atoms with Gasteiger partial charge in [-0.1, -0.05) is 0 Å². The number of sulfonamides is 1. The maximum Gasteiger partial charge on any atom is 0.407 e. The summed E-state index contributed by atoms with van der Waals surface area (Å²) in [6.07, 6.45) is 3.04. The molecule has 1 aliphatic carbocycles. The Morgan fingerprint density at radius 2 is 1.86 bits per heavy atom. The lowest BCUT2D eigenvalue weighted by molar-refractivity contribution is 0.00129. The van der Waals surface area contributed by atoms with Crippen LogP contribution in [0.1, 0.15) is 44.6 Å². The van der Waals surface area contributed by atoms with E-state index in [1.165, 1.54) is 19.1 Å². The molecule has 192 valence electrons. The van der Waals surface area contributed by atoms with Crippen LogP contribution in [0.2, 0.25) is 0 Å². The number of nitrogens with zero attached hydrogens (tertiary/aromatic N) is 2. The number of ether oxygens (including phenoxy) is 1. The van der Waals surface area contributed by atoms with Gasteiger partial charge >= 0.3 is 6.09 Å². The normalized spacial score (nSPS) is 18.9. The van der Waals surface area contributed by atoms with Crippen molar-refractivity contribution in [3.63, 3.8) is 0 Å². The number of aromatic nitrogens is 2. The second-order valence-electron chi connectivity index (χ2n) is 8.63. The van der Waals surface area contributed by atoms with Crippen LogP contribution in [0.4, 0.5) is 25.2 Å². The van der Waals surface area contributed by atoms with E-state index in [9.17, 15) is 22.0 Å². The summed E-state index contributed by atoms with van der Waals surface area (Å²) in [6, 6.07) is 5.30. The highest BCUT2D eigenvalue weighted by molar-refractivity contribution is 7.89. The van der Waals surface area contributed by atoms with E-state index in [2.05, 4.69) is 25.3 Å². The first-order valence-corrected chi connectivity index (χ1v) is 12.6. The third kappa shape index (κ3) is 8.08. The molecular formula is C22H29F2N5O5S. The third-order valence-electron chi connectivity index (χ3n) is 5.37. The van der Waals surface area contributed by atoms with Crippen molar-refractivity contribution in [3.05, 3.63) is 42.2 Å². The van der Waals surface area contributed by atoms with E-state index < -0.39 is 34.5 Å². The quantitative estimate of drug-likeness (QED) is 0.359. The number of nitrogens with one attached hydrogen (secondary N) is 3. The van der Waals surface area contributed by atoms with Gasteiger partial charge in [0.25, 0.3) is 0 Å². The molecule has 1 atom stereocenters. The molecule has 1 aliphatic rings. The first-order valence-electron chi connectivity index (χ1n) is 11.1. The number of aliphatic hydroxyl groups is 1. The number of hydrogen-bond acceptors (Lipinski definition) is 8. The van der Waals surface area contributed by atoms with Crippen molar-refractivity contribution in [2.45, 2.75) is 62.0 Å². The number of hydrogen-bond donors (Lipinski definition) is 4. The molecule has 0 spiro atoms. The molecule has 4 N–H and O–H groups in total. The summed E-state index contributed by atoms with van der Waals surface area (Å²) in [6.45, 7) is 1.95. The zero-order chi connectivity index (χ0) is 25.6. The van der Waals surface area contributed by atoms with E-state index in [4.69, 9.17) is 9.84 Å². The van der Waals surface area contributed by atoms with Crippen LogP contribution in [-0.4, -0.2) is 60.8 Å². The highest BCUT2D eigenvalue weighted by atomic mass is 32.2. The average Bonchev–Trinajstić information content (AvgIpc) is 2.74. The Kier molecular flexibility index (Phi) is 8.56. The summed E-state index contributed by atoms with van der Waals surface area (Å²) >= 11 is 0. The molecule has 0 aliphatic heterocycles. The number of halogens is 2. The van der Waals surface area contributed by atoms with Gasteiger partial charge in [-0.3, -0.25) is 0 Å². The van der Waals surface area contributed by atoms with Crippen LogP contribution in [0.25, 0.3) is 0 Å². The SMILES string of the molecule is C[C@@H](CC(C)(F)F)NC(=O)OC1CC(c2cnc(Nc3ccc(S(=O)(=O)NCCO)cc3)nc2)C1. The molecule has 10 nitrogen and oxygen atoms in total. The number of aliphatic hydroxyl groups excluding tert-OH is 1. The third-order valence-corrected chi connectivity index (χ3v) is 6.84. The fourth-order valence-corrected chi connectivity index (χ4v) is 4.65. The highest BCUT2D eigenvalue weighted by Crippen LogP contribution is 2.38. The van der Waals surface area contributed by atoms with E-state index >= 15 is 0 Å². The lowest BCUT2D eigenvalue weighted by Crippen LogP contribution is -2.41. The van der Waals surface area contributed by atoms with E-state index in [0.717, 1.165) is 12.5 Å². The fourth-order valence-electron chi connectivity index (χ4n) is 3.63. The average molecular weight is 514 g/mol. The molecule has 1 heterocycles. The van der Waals surface area contributed by atoms with Crippen molar-refractivity contribution in [2.24, 2.45) is 0 Å². The van der Waals surface area contributed by atoms with Crippen molar-refractivity contribution in [2.75, 3.05) is 18.5 Å². The minimum Gasteiger partial charge on any atom is -0.446 e. The number of benzene rings is 1. The zero-order valence-electron chi connectivity index (χ0n) is 19.4. The van der Waals surface area contributed by atoms with Gasteiger partial charge in [0.2, 0.25) is 21.9 Å². The number of alkyl halides is 2. The molecule has 13 heteroatoms. The summed E-state index contributed by atoms with van der Waals surface area (Å²) < 4.78 is 57.7. The number of anilines is 2. The van der Waals surface area contributed by atoms with Gasteiger partial charge in [0.05, 0.1) is 11.5 Å². The molecular weight excluding hydrogens is 484 g/mol. The summed E-state index contributed by atoms with van der Waals surface area (Å²) in [5.74, 6) is -2.41. The standard InChI is InChI=1S/C22H29F2N5O5S/c1-14(11-22(2,23)24)28-21(31)34-18-9-15(10-18)16-12-25-20(26-13-16)29-17-3-5-19(6-4-17)35(32,33)27-7-8-30/h3-6,12-15,18,27,30H,7-11H2,1-2H3,(H,28,31)(H,25,26,29)/t14-,15?,18?/m0/s1. The number of carbonyl (C=O) groups excluding carboxylic acids is 1. The summed E-state index contributed by atoms with van der Waals surface area (Å²) in [7, 11) is -3.68. The monoisotopic (exact) mass is 513 g/mol. The molecule has 1 fully saturated rings. The Morgan fingerprint density at radius 3 is 2.43 bits per heavy atom. The summed E-state index contributed by atoms with van der Waals surface area (Å²) in [5.41, 5.74) is 1.48. The fraction of sp³-hybridized carbons (Fsp3) is 0.500. The predicted octanol–water partition coefficient (Wildman–Crippen LogP) is 2.90. The van der Waals surface area contributed by atoms with Crippen LogP contribution in [0.15, 0.2) is 41.6 Å². The van der Waals surface area contributed by atoms with Crippen molar-refractivity contribution in [1.29, 1.82) is 0 Å². The van der Waals surface area contributed by atoms with Gasteiger partial charge in [0.15, 0.2) is 0 Å². The molecule has 0 unspecified atom stereocenters. The van der Waals surface area contributed by atoms with Crippen LogP contribution in [-0.2, 0) is 14.8 Å². The van der Waals surface area contributed by atoms with Crippen LogP contribution < -0.4 is 15.4 Å². The summed E-state index contributed by atoms with van der Waals surface area (Å²) in [5, 5.41) is 14.2. The predicted molar refractivity (Wildman–Crippen MR) is 124 cm³/mol. The molecule has 1 aromatic heterocycles. The highest BCUT2D eigenvalue weighted by Gasteiger charge is 2.34. The molecule has 0 saturated heterocycles. The van der Waals surface area contributed by atoms with E-state index in [0.29, 0.717) is 24.5 Å². The smallest absolute Gasteiger partial charge is 0.407 e. The van der Waals surface area contributed by atoms with E-state index in [1.807, 2.05) is 0 Å². The molecule has 35 heavy (non-hydrogen) atoms. The molecule has 3 rings (SSSR count). The summed E-state index contributed by atoms with van der Waals surface area (Å²) in [4.78, 5) is 20.5. The Morgan fingerprint density at radius 1 is 1.23 bits per heavy atom. The van der Waals surface area contributed by atoms with Crippen LogP contribution >= 0.6 is 0 Å². The number of carbonyl (C=O) groups is 1.